The standard InChI is InChI=1S/C21H27NO3S/c1-15-8-6-7-11-19(15)26-17-13-20(23)22(14-17)18(21(24)25-2)12-16-9-4-3-5-10-16/h6-8,11,13,16,18H,3-5,9-10,12,14H2,1-2H3/t18-/m0/s1. The monoisotopic (exact) mass is 373 g/mol. The Kier molecular flexibility index (Phi) is 6.41. The molecule has 26 heavy (non-hydrogen) atoms. The van der Waals surface area contributed by atoms with Gasteiger partial charge in [-0.2, -0.15) is 0 Å². The van der Waals surface area contributed by atoms with Gasteiger partial charge in [-0.1, -0.05) is 62.1 Å². The van der Waals surface area contributed by atoms with E-state index in [1.54, 1.807) is 22.7 Å². The molecule has 5 heteroatoms. The molecule has 1 aliphatic carbocycles. The molecule has 4 nitrogen and oxygen atoms in total. The van der Waals surface area contributed by atoms with Gasteiger partial charge in [0, 0.05) is 15.9 Å². The number of nitrogens with zero attached hydrogens (tertiary/aromatic N) is 1. The quantitative estimate of drug-likeness (QED) is 0.697. The molecule has 1 aromatic rings. The highest BCUT2D eigenvalue weighted by molar-refractivity contribution is 8.03. The number of carbonyl (C=O) groups is 2. The molecule has 3 rings (SSSR count). The van der Waals surface area contributed by atoms with Crippen LogP contribution in [0.15, 0.2) is 40.1 Å². The molecule has 1 aliphatic heterocycles. The summed E-state index contributed by atoms with van der Waals surface area (Å²) in [4.78, 5) is 28.8. The number of amides is 1. The van der Waals surface area contributed by atoms with Crippen molar-refractivity contribution in [2.45, 2.75) is 56.4 Å². The van der Waals surface area contributed by atoms with Crippen LogP contribution in [0.2, 0.25) is 0 Å². The van der Waals surface area contributed by atoms with E-state index in [-0.39, 0.29) is 11.9 Å². The summed E-state index contributed by atoms with van der Waals surface area (Å²) >= 11 is 1.61. The number of benzene rings is 1. The van der Waals surface area contributed by atoms with Gasteiger partial charge < -0.3 is 9.64 Å². The molecule has 140 valence electrons. The van der Waals surface area contributed by atoms with Gasteiger partial charge in [-0.3, -0.25) is 4.79 Å². The summed E-state index contributed by atoms with van der Waals surface area (Å²) < 4.78 is 5.02. The molecule has 1 fully saturated rings. The fourth-order valence-electron chi connectivity index (χ4n) is 3.88. The third-order valence-electron chi connectivity index (χ3n) is 5.36. The van der Waals surface area contributed by atoms with Crippen LogP contribution in [0.1, 0.15) is 44.1 Å². The summed E-state index contributed by atoms with van der Waals surface area (Å²) in [7, 11) is 1.41. The summed E-state index contributed by atoms with van der Waals surface area (Å²) in [5.41, 5.74) is 1.19. The first kappa shape index (κ1) is 19.0. The average Bonchev–Trinajstić information content (AvgIpc) is 3.02. The molecule has 0 saturated heterocycles. The summed E-state index contributed by atoms with van der Waals surface area (Å²) in [6.45, 7) is 2.56. The lowest BCUT2D eigenvalue weighted by molar-refractivity contribution is -0.151. The smallest absolute Gasteiger partial charge is 0.328 e. The maximum atomic E-state index is 12.6. The van der Waals surface area contributed by atoms with E-state index in [4.69, 9.17) is 4.74 Å². The van der Waals surface area contributed by atoms with Gasteiger partial charge in [-0.05, 0) is 30.9 Å². The highest BCUT2D eigenvalue weighted by Gasteiger charge is 2.36. The van der Waals surface area contributed by atoms with E-state index in [0.29, 0.717) is 18.9 Å². The maximum absolute atomic E-state index is 12.6. The fraction of sp³-hybridized carbons (Fsp3) is 0.524. The van der Waals surface area contributed by atoms with Crippen molar-refractivity contribution >= 4 is 23.6 Å². The third-order valence-corrected chi connectivity index (χ3v) is 6.55. The number of hydrogen-bond donors (Lipinski definition) is 0. The Morgan fingerprint density at radius 2 is 2.00 bits per heavy atom. The van der Waals surface area contributed by atoms with E-state index < -0.39 is 6.04 Å². The number of esters is 1. The fourth-order valence-corrected chi connectivity index (χ4v) is 4.90. The number of methoxy groups -OCH3 is 1. The largest absolute Gasteiger partial charge is 0.467 e. The molecular weight excluding hydrogens is 346 g/mol. The van der Waals surface area contributed by atoms with Crippen LogP contribution in [0.5, 0.6) is 0 Å². The Morgan fingerprint density at radius 3 is 2.69 bits per heavy atom. The van der Waals surface area contributed by atoms with Gasteiger partial charge in [0.2, 0.25) is 5.91 Å². The molecule has 0 radical (unpaired) electrons. The number of ether oxygens (including phenoxy) is 1. The topological polar surface area (TPSA) is 46.6 Å². The zero-order valence-electron chi connectivity index (χ0n) is 15.6. The average molecular weight is 374 g/mol. The van der Waals surface area contributed by atoms with Crippen LogP contribution in [-0.2, 0) is 14.3 Å². The second-order valence-corrected chi connectivity index (χ2v) is 8.39. The van der Waals surface area contributed by atoms with Crippen LogP contribution >= 0.6 is 11.8 Å². The van der Waals surface area contributed by atoms with Crippen molar-refractivity contribution in [1.82, 2.24) is 4.90 Å². The summed E-state index contributed by atoms with van der Waals surface area (Å²) in [6, 6.07) is 7.68. The van der Waals surface area contributed by atoms with Gasteiger partial charge in [0.15, 0.2) is 0 Å². The van der Waals surface area contributed by atoms with Gasteiger partial charge in [-0.15, -0.1) is 0 Å². The van der Waals surface area contributed by atoms with Gasteiger partial charge in [0.05, 0.1) is 13.7 Å². The summed E-state index contributed by atoms with van der Waals surface area (Å²) in [5.74, 6) is 0.139. The van der Waals surface area contributed by atoms with E-state index in [1.807, 2.05) is 12.1 Å². The Bertz CT molecular complexity index is 694. The second kappa shape index (κ2) is 8.76. The molecule has 0 N–H and O–H groups in total. The molecule has 0 aromatic heterocycles. The highest BCUT2D eigenvalue weighted by Crippen LogP contribution is 2.35. The van der Waals surface area contributed by atoms with Gasteiger partial charge >= 0.3 is 5.97 Å². The number of carbonyl (C=O) groups excluding carboxylic acids is 2. The summed E-state index contributed by atoms with van der Waals surface area (Å²) in [5, 5.41) is 0. The Labute approximate surface area is 160 Å². The van der Waals surface area contributed by atoms with Crippen LogP contribution < -0.4 is 0 Å². The van der Waals surface area contributed by atoms with Crippen molar-refractivity contribution in [3.8, 4) is 0 Å². The van der Waals surface area contributed by atoms with Crippen LogP contribution in [0.3, 0.4) is 0 Å². The summed E-state index contributed by atoms with van der Waals surface area (Å²) in [6.07, 6.45) is 8.41. The molecule has 1 heterocycles. The van der Waals surface area contributed by atoms with Crippen LogP contribution in [0.4, 0.5) is 0 Å². The van der Waals surface area contributed by atoms with E-state index in [9.17, 15) is 9.59 Å². The Hall–Kier alpha value is -1.75. The molecular formula is C21H27NO3S. The van der Waals surface area contributed by atoms with Crippen molar-refractivity contribution in [1.29, 1.82) is 0 Å². The molecule has 0 spiro atoms. The SMILES string of the molecule is COC(=O)[C@H](CC1CCCCC1)N1CC(Sc2ccccc2C)=CC1=O. The van der Waals surface area contributed by atoms with E-state index in [0.717, 1.165) is 22.6 Å². The van der Waals surface area contributed by atoms with Gasteiger partial charge in [0.1, 0.15) is 6.04 Å². The molecule has 0 unspecified atom stereocenters. The molecule has 1 amide bonds. The van der Waals surface area contributed by atoms with Crippen molar-refractivity contribution < 1.29 is 14.3 Å². The van der Waals surface area contributed by atoms with E-state index in [1.165, 1.54) is 31.9 Å². The van der Waals surface area contributed by atoms with Crippen molar-refractivity contribution in [2.75, 3.05) is 13.7 Å². The zero-order valence-corrected chi connectivity index (χ0v) is 16.4. The van der Waals surface area contributed by atoms with Crippen LogP contribution in [-0.4, -0.2) is 36.5 Å². The molecule has 2 aliphatic rings. The maximum Gasteiger partial charge on any atom is 0.328 e. The lowest BCUT2D eigenvalue weighted by Crippen LogP contribution is -2.44. The number of hydrogen-bond acceptors (Lipinski definition) is 4. The van der Waals surface area contributed by atoms with Crippen LogP contribution in [0, 0.1) is 12.8 Å². The zero-order chi connectivity index (χ0) is 18.5. The lowest BCUT2D eigenvalue weighted by atomic mass is 9.84. The Balaban J connectivity index is 1.69. The highest BCUT2D eigenvalue weighted by atomic mass is 32.2. The third kappa shape index (κ3) is 4.50. The minimum Gasteiger partial charge on any atom is -0.467 e. The van der Waals surface area contributed by atoms with Crippen molar-refractivity contribution in [3.05, 3.63) is 40.8 Å². The van der Waals surface area contributed by atoms with Crippen molar-refractivity contribution in [3.63, 3.8) is 0 Å². The molecule has 0 bridgehead atoms. The number of rotatable bonds is 6. The predicted molar refractivity (Wildman–Crippen MR) is 104 cm³/mol. The first-order chi connectivity index (χ1) is 12.6. The molecule has 1 aromatic carbocycles. The minimum absolute atomic E-state index is 0.0766. The van der Waals surface area contributed by atoms with Crippen LogP contribution in [0.25, 0.3) is 0 Å². The lowest BCUT2D eigenvalue weighted by Gasteiger charge is -2.31. The van der Waals surface area contributed by atoms with E-state index >= 15 is 0 Å². The first-order valence-corrected chi connectivity index (χ1v) is 10.2. The molecule has 1 atom stereocenters. The normalized spacial score (nSPS) is 19.4. The second-order valence-electron chi connectivity index (χ2n) is 7.22. The number of aryl methyl sites for hydroxylation is 1. The minimum atomic E-state index is -0.471. The Morgan fingerprint density at radius 1 is 1.27 bits per heavy atom. The van der Waals surface area contributed by atoms with E-state index in [2.05, 4.69) is 19.1 Å². The molecule has 1 saturated carbocycles. The van der Waals surface area contributed by atoms with Gasteiger partial charge in [-0.25, -0.2) is 4.79 Å². The number of thioether (sulfide) groups is 1. The predicted octanol–water partition coefficient (Wildman–Crippen LogP) is 4.33. The van der Waals surface area contributed by atoms with Crippen molar-refractivity contribution in [2.24, 2.45) is 5.92 Å². The first-order valence-electron chi connectivity index (χ1n) is 9.41. The van der Waals surface area contributed by atoms with Gasteiger partial charge in [0.25, 0.3) is 0 Å².